The molecule has 0 heterocycles. The van der Waals surface area contributed by atoms with Crippen LogP contribution < -0.4 is 4.90 Å². The number of hydrogen-bond acceptors (Lipinski definition) is 11. The number of carbonyl (C=O) groups is 3. The van der Waals surface area contributed by atoms with Crippen molar-refractivity contribution in [2.75, 3.05) is 33.1 Å². The molecular weight excluding hydrogens is 558 g/mol. The summed E-state index contributed by atoms with van der Waals surface area (Å²) in [4.78, 5) is 54.1. The predicted octanol–water partition coefficient (Wildman–Crippen LogP) is 2.58. The van der Waals surface area contributed by atoms with Gasteiger partial charge < -0.3 is 25.3 Å². The first-order valence-electron chi connectivity index (χ1n) is 13.7. The fourth-order valence-electron chi connectivity index (χ4n) is 6.93. The Morgan fingerprint density at radius 1 is 1.09 bits per heavy atom. The Hall–Kier alpha value is -4.55. The fraction of sp³-hybridized carbons (Fsp3) is 0.387. The van der Waals surface area contributed by atoms with E-state index in [1.165, 1.54) is 11.0 Å². The number of rotatable bonds is 6. The van der Waals surface area contributed by atoms with Crippen LogP contribution in [0.15, 0.2) is 47.2 Å². The van der Waals surface area contributed by atoms with Crippen molar-refractivity contribution in [1.29, 1.82) is 0 Å². The second-order valence-corrected chi connectivity index (χ2v) is 11.9. The topological polar surface area (TPSA) is 182 Å². The van der Waals surface area contributed by atoms with Crippen molar-refractivity contribution in [2.24, 2.45) is 11.8 Å². The first-order valence-corrected chi connectivity index (χ1v) is 13.7. The summed E-state index contributed by atoms with van der Waals surface area (Å²) in [6, 6.07) is 7.71. The molecule has 12 nitrogen and oxygen atoms in total. The monoisotopic (exact) mass is 591 g/mol. The van der Waals surface area contributed by atoms with Gasteiger partial charge in [0.25, 0.3) is 0 Å². The van der Waals surface area contributed by atoms with Gasteiger partial charge in [-0.25, -0.2) is 0 Å². The molecule has 226 valence electrons. The number of phenols is 1. The van der Waals surface area contributed by atoms with E-state index in [4.69, 9.17) is 0 Å². The molecule has 12 heteroatoms. The molecule has 0 aliphatic heterocycles. The van der Waals surface area contributed by atoms with Crippen LogP contribution in [0.2, 0.25) is 0 Å². The molecule has 0 amide bonds. The van der Waals surface area contributed by atoms with Gasteiger partial charge in [0.1, 0.15) is 22.8 Å². The molecule has 4 N–H and O–H groups in total. The average molecular weight is 592 g/mol. The van der Waals surface area contributed by atoms with Crippen molar-refractivity contribution in [3.63, 3.8) is 0 Å². The molecule has 2 aromatic rings. The lowest BCUT2D eigenvalue weighted by molar-refractivity contribution is -0.496. The van der Waals surface area contributed by atoms with Gasteiger partial charge in [-0.3, -0.25) is 29.4 Å². The Labute approximate surface area is 247 Å². The van der Waals surface area contributed by atoms with Gasteiger partial charge in [-0.05, 0) is 74.7 Å². The van der Waals surface area contributed by atoms with E-state index >= 15 is 0 Å². The van der Waals surface area contributed by atoms with E-state index in [1.807, 2.05) is 43.3 Å². The van der Waals surface area contributed by atoms with E-state index in [0.29, 0.717) is 16.7 Å². The van der Waals surface area contributed by atoms with E-state index in [1.54, 1.807) is 14.1 Å². The Morgan fingerprint density at radius 3 is 2.26 bits per heavy atom. The third-order valence-electron chi connectivity index (χ3n) is 8.90. The summed E-state index contributed by atoms with van der Waals surface area (Å²) in [6.07, 6.45) is 0.0593. The average Bonchev–Trinajstić information content (AvgIpc) is 2.91. The Bertz CT molecular complexity index is 1660. The van der Waals surface area contributed by atoms with Gasteiger partial charge in [0.05, 0.1) is 17.2 Å². The summed E-state index contributed by atoms with van der Waals surface area (Å²) in [7, 11) is 6.89. The highest BCUT2D eigenvalue weighted by Gasteiger charge is 2.64. The lowest BCUT2D eigenvalue weighted by atomic mass is 9.57. The summed E-state index contributed by atoms with van der Waals surface area (Å²) >= 11 is 0. The van der Waals surface area contributed by atoms with E-state index in [2.05, 4.69) is 0 Å². The number of fused-ring (bicyclic) bond motifs is 3. The highest BCUT2D eigenvalue weighted by Crippen LogP contribution is 2.54. The maximum absolute atomic E-state index is 14.1. The number of aromatic hydroxyl groups is 1. The second-order valence-electron chi connectivity index (χ2n) is 11.9. The minimum atomic E-state index is -2.69. The van der Waals surface area contributed by atoms with Crippen molar-refractivity contribution in [3.05, 3.63) is 74.0 Å². The minimum absolute atomic E-state index is 0.0265. The first-order chi connectivity index (χ1) is 20.1. The first kappa shape index (κ1) is 29.9. The third kappa shape index (κ3) is 4.40. The van der Waals surface area contributed by atoms with E-state index < -0.39 is 75.1 Å². The third-order valence-corrected chi connectivity index (χ3v) is 8.90. The summed E-state index contributed by atoms with van der Waals surface area (Å²) in [5.41, 5.74) is -1.39. The lowest BCUT2D eigenvalue weighted by Gasteiger charge is -2.50. The van der Waals surface area contributed by atoms with Crippen molar-refractivity contribution in [1.82, 2.24) is 4.90 Å². The Balaban J connectivity index is 1.77. The predicted molar refractivity (Wildman–Crippen MR) is 156 cm³/mol. The largest absolute Gasteiger partial charge is 0.508 e. The second kappa shape index (κ2) is 10.3. The molecule has 0 spiro atoms. The van der Waals surface area contributed by atoms with Gasteiger partial charge in [0.2, 0.25) is 12.3 Å². The van der Waals surface area contributed by atoms with Crippen LogP contribution in [0.25, 0.3) is 16.9 Å². The number of aliphatic hydroxyl groups excluding tert-OH is 2. The van der Waals surface area contributed by atoms with Crippen molar-refractivity contribution < 1.29 is 39.7 Å². The van der Waals surface area contributed by atoms with Gasteiger partial charge in [0.15, 0.2) is 17.2 Å². The molecule has 0 bridgehead atoms. The van der Waals surface area contributed by atoms with Crippen LogP contribution in [0.1, 0.15) is 30.0 Å². The number of Topliss-reactive ketones (excluding diaryl/α,β-unsaturated/α-hetero) is 3. The molecule has 0 radical (unpaired) electrons. The van der Waals surface area contributed by atoms with Crippen molar-refractivity contribution in [3.8, 4) is 16.9 Å². The van der Waals surface area contributed by atoms with Gasteiger partial charge in [-0.15, -0.1) is 0 Å². The smallest absolute Gasteiger partial charge is 0.232 e. The maximum Gasteiger partial charge on any atom is 0.232 e. The van der Waals surface area contributed by atoms with Crippen LogP contribution in [0.3, 0.4) is 0 Å². The number of benzene rings is 2. The van der Waals surface area contributed by atoms with Gasteiger partial charge in [-0.2, -0.15) is 0 Å². The van der Waals surface area contributed by atoms with Crippen LogP contribution in [0.4, 0.5) is 5.69 Å². The van der Waals surface area contributed by atoms with Crippen molar-refractivity contribution >= 4 is 28.8 Å². The number of nitro groups is 1. The zero-order chi connectivity index (χ0) is 31.7. The minimum Gasteiger partial charge on any atom is -0.508 e. The van der Waals surface area contributed by atoms with Crippen LogP contribution in [0, 0.1) is 22.0 Å². The molecule has 0 saturated heterocycles. The molecule has 3 aliphatic carbocycles. The highest BCUT2D eigenvalue weighted by atomic mass is 16.6. The number of nitrogens with zero attached hydrogens (tertiary/aromatic N) is 3. The van der Waals surface area contributed by atoms with Crippen LogP contribution >= 0.6 is 0 Å². The summed E-state index contributed by atoms with van der Waals surface area (Å²) < 4.78 is 0. The number of carbonyl (C=O) groups excluding carboxylic acids is 3. The number of ketones is 3. The summed E-state index contributed by atoms with van der Waals surface area (Å²) in [5, 5.41) is 57.2. The quantitative estimate of drug-likeness (QED) is 0.220. The molecule has 1 fully saturated rings. The standard InChI is InChI=1S/C31H33N3O9/c1-14(35)22-28(38)25(33(4)5)21-12-16-10-20-19(15-6-8-18(9-7-15)32(2)3)11-17(13-34(42)43)26(36)24(20)27(37)23(16)30(40)31(21,41)29(22)39/h6-9,11,16,21,25,36-37,39,41H,10,12-13H2,1-5H3/t16-,21-,25-,31+/m0/s1. The number of likely N-dealkylation sites (N-methyl/N-ethyl adjacent to an activating group) is 1. The molecule has 0 unspecified atom stereocenters. The number of aliphatic hydroxyl groups is 3. The molecule has 0 aromatic heterocycles. The highest BCUT2D eigenvalue weighted by molar-refractivity contribution is 6.25. The van der Waals surface area contributed by atoms with Gasteiger partial charge in [0, 0.05) is 36.2 Å². The molecule has 1 saturated carbocycles. The van der Waals surface area contributed by atoms with Crippen molar-refractivity contribution in [2.45, 2.75) is 38.0 Å². The fourth-order valence-corrected chi connectivity index (χ4v) is 6.93. The SMILES string of the molecule is CC(=O)C1=C(O)[C@@]2(O)C(=O)C3=C(O)c4c(O)c(C[N+](=O)[O-])cc(-c5ccc(N(C)C)cc5)c4C[C@H]3C[C@H]2[C@H](N(C)C)C1=O. The maximum atomic E-state index is 14.1. The van der Waals surface area contributed by atoms with E-state index in [9.17, 15) is 44.9 Å². The number of hydrogen-bond donors (Lipinski definition) is 4. The zero-order valence-corrected chi connectivity index (χ0v) is 24.4. The molecule has 43 heavy (non-hydrogen) atoms. The summed E-state index contributed by atoms with van der Waals surface area (Å²) in [5.74, 6) is -6.83. The van der Waals surface area contributed by atoms with Crippen LogP contribution in [-0.4, -0.2) is 87.4 Å². The zero-order valence-electron chi connectivity index (χ0n) is 24.4. The Kier molecular flexibility index (Phi) is 7.18. The van der Waals surface area contributed by atoms with Gasteiger partial charge >= 0.3 is 0 Å². The van der Waals surface area contributed by atoms with Crippen LogP contribution in [-0.2, 0) is 27.3 Å². The molecule has 3 aliphatic rings. The number of phenolic OH excluding ortho intramolecular Hbond substituents is 1. The van der Waals surface area contributed by atoms with E-state index in [-0.39, 0.29) is 29.5 Å². The lowest BCUT2D eigenvalue weighted by Crippen LogP contribution is -2.65. The van der Waals surface area contributed by atoms with Crippen LogP contribution in [0.5, 0.6) is 5.75 Å². The molecule has 4 atom stereocenters. The Morgan fingerprint density at radius 2 is 1.72 bits per heavy atom. The summed E-state index contributed by atoms with van der Waals surface area (Å²) in [6.45, 7) is 0.289. The normalized spacial score (nSPS) is 25.0. The molecular formula is C31H33N3O9. The molecule has 5 rings (SSSR count). The van der Waals surface area contributed by atoms with Gasteiger partial charge in [-0.1, -0.05) is 12.1 Å². The number of anilines is 1. The molecule has 2 aromatic carbocycles. The van der Waals surface area contributed by atoms with E-state index in [0.717, 1.165) is 12.6 Å².